The number of alkyl halides is 5. The van der Waals surface area contributed by atoms with Gasteiger partial charge in [-0.1, -0.05) is 59.1 Å². The molecule has 604 valence electrons. The summed E-state index contributed by atoms with van der Waals surface area (Å²) in [5.74, 6) is -11.4. The summed E-state index contributed by atoms with van der Waals surface area (Å²) in [6.45, 7) is 7.98. The Labute approximate surface area is 640 Å². The summed E-state index contributed by atoms with van der Waals surface area (Å²) in [6.07, 6.45) is 3.67. The summed E-state index contributed by atoms with van der Waals surface area (Å²) in [5, 5.41) is 8.22. The van der Waals surface area contributed by atoms with Crippen molar-refractivity contribution in [3.8, 4) is 0 Å². The Hall–Kier alpha value is -6.33. The highest BCUT2D eigenvalue weighted by Crippen LogP contribution is 2.43. The number of fused-ring (bicyclic) bond motifs is 3. The number of methoxy groups -OCH3 is 1. The van der Waals surface area contributed by atoms with Gasteiger partial charge in [-0.25, -0.2) is 0 Å². The van der Waals surface area contributed by atoms with Crippen molar-refractivity contribution in [1.29, 1.82) is 0 Å². The van der Waals surface area contributed by atoms with E-state index in [2.05, 4.69) is 16.0 Å². The van der Waals surface area contributed by atoms with E-state index < -0.39 is 180 Å². The monoisotopic (exact) mass is 1550 g/mol. The minimum absolute atomic E-state index is 0.000479. The number of rotatable bonds is 16. The van der Waals surface area contributed by atoms with Crippen LogP contribution in [0.15, 0.2) is 12.2 Å². The molecule has 7 rings (SSSR count). The lowest BCUT2D eigenvalue weighted by Gasteiger charge is -2.46. The zero-order valence-corrected chi connectivity index (χ0v) is 66.8. The molecule has 0 radical (unpaired) electrons. The fourth-order valence-corrected chi connectivity index (χ4v) is 17.4. The van der Waals surface area contributed by atoms with Gasteiger partial charge >= 0.3 is 6.18 Å². The third kappa shape index (κ3) is 22.3. The lowest BCUT2D eigenvalue weighted by atomic mass is 9.74. The average Bonchev–Trinajstić information content (AvgIpc) is 1.68. The van der Waals surface area contributed by atoms with Crippen LogP contribution in [0.2, 0.25) is 0 Å². The molecule has 26 nitrogen and oxygen atoms in total. The van der Waals surface area contributed by atoms with Gasteiger partial charge in [0.2, 0.25) is 70.9 Å². The smallest absolute Gasteiger partial charge is 0.383 e. The Morgan fingerprint density at radius 2 is 1.34 bits per heavy atom. The van der Waals surface area contributed by atoms with Crippen molar-refractivity contribution in [2.45, 2.75) is 259 Å². The van der Waals surface area contributed by atoms with E-state index in [0.29, 0.717) is 51.4 Å². The molecule has 4 aliphatic carbocycles. The number of halogens is 5. The summed E-state index contributed by atoms with van der Waals surface area (Å²) >= 11 is 13.3. The van der Waals surface area contributed by atoms with Crippen LogP contribution < -0.4 is 16.0 Å². The number of ether oxygens (including phenoxy) is 2. The number of carbonyl (C=O) groups is 12. The van der Waals surface area contributed by atoms with E-state index in [0.717, 1.165) is 22.6 Å². The highest BCUT2D eigenvalue weighted by molar-refractivity contribution is 6.30. The summed E-state index contributed by atoms with van der Waals surface area (Å²) in [5.41, 5.74) is -1.57. The second-order valence-electron chi connectivity index (χ2n) is 31.9. The number of nitrogens with one attached hydrogen (secondary N) is 3. The fraction of sp³-hybridized carbons (Fsp3) is 0.816. The van der Waals surface area contributed by atoms with E-state index in [4.69, 9.17) is 32.7 Å². The lowest BCUT2D eigenvalue weighted by molar-refractivity contribution is -0.184. The normalized spacial score (nSPS) is 31.3. The summed E-state index contributed by atoms with van der Waals surface area (Å²) in [4.78, 5) is 194. The third-order valence-electron chi connectivity index (χ3n) is 24.0. The molecule has 0 aromatic heterocycles. The van der Waals surface area contributed by atoms with Crippen LogP contribution in [-0.2, 0) is 67.0 Å². The quantitative estimate of drug-likeness (QED) is 0.116. The molecule has 2 saturated heterocycles. The first-order chi connectivity index (χ1) is 50.5. The maximum absolute atomic E-state index is 15.7. The van der Waals surface area contributed by atoms with Crippen molar-refractivity contribution in [1.82, 2.24) is 60.0 Å². The second kappa shape index (κ2) is 39.5. The minimum atomic E-state index is -4.44. The summed E-state index contributed by atoms with van der Waals surface area (Å²) < 4.78 is 53.9. The molecular weight excluding hydrogens is 1430 g/mol. The third-order valence-corrected chi connectivity index (χ3v) is 25.1. The Morgan fingerprint density at radius 1 is 0.682 bits per heavy atom. The molecular formula is C76H121Cl2F3N12O14. The maximum Gasteiger partial charge on any atom is 0.391 e. The molecule has 6 fully saturated rings. The predicted molar refractivity (Wildman–Crippen MR) is 396 cm³/mol. The van der Waals surface area contributed by atoms with Crippen LogP contribution in [0.3, 0.4) is 0 Å². The Kier molecular flexibility index (Phi) is 32.5. The molecule has 1 spiro atoms. The highest BCUT2D eigenvalue weighted by atomic mass is 35.5. The van der Waals surface area contributed by atoms with Gasteiger partial charge < -0.3 is 69.5 Å². The highest BCUT2D eigenvalue weighted by Gasteiger charge is 2.54. The van der Waals surface area contributed by atoms with E-state index in [1.165, 1.54) is 90.7 Å². The number of amides is 12. The van der Waals surface area contributed by atoms with Gasteiger partial charge in [0.25, 0.3) is 0 Å². The molecule has 0 aromatic rings. The van der Waals surface area contributed by atoms with Crippen molar-refractivity contribution in [2.24, 2.45) is 35.5 Å². The van der Waals surface area contributed by atoms with E-state index in [1.54, 1.807) is 26.0 Å². The molecule has 3 unspecified atom stereocenters. The van der Waals surface area contributed by atoms with Gasteiger partial charge in [0.15, 0.2) is 0 Å². The van der Waals surface area contributed by atoms with Crippen molar-refractivity contribution in [3.63, 3.8) is 0 Å². The van der Waals surface area contributed by atoms with Crippen LogP contribution in [0.5, 0.6) is 0 Å². The first-order valence-electron chi connectivity index (χ1n) is 38.9. The predicted octanol–water partition coefficient (Wildman–Crippen LogP) is 6.12. The van der Waals surface area contributed by atoms with Gasteiger partial charge in [-0.05, 0) is 152 Å². The Balaban J connectivity index is 1.32. The van der Waals surface area contributed by atoms with E-state index in [1.807, 2.05) is 20.8 Å². The van der Waals surface area contributed by atoms with Gasteiger partial charge in [0.05, 0.1) is 43.5 Å². The zero-order valence-electron chi connectivity index (χ0n) is 65.3. The van der Waals surface area contributed by atoms with Crippen molar-refractivity contribution >= 4 is 94.1 Å². The number of carbonyl (C=O) groups excluding carboxylic acids is 12. The van der Waals surface area contributed by atoms with E-state index in [-0.39, 0.29) is 132 Å². The van der Waals surface area contributed by atoms with Crippen molar-refractivity contribution in [3.05, 3.63) is 12.2 Å². The molecule has 2 bridgehead atoms. The first kappa shape index (κ1) is 87.9. The van der Waals surface area contributed by atoms with Crippen LogP contribution in [0, 0.1) is 35.5 Å². The molecule has 7 aliphatic rings. The summed E-state index contributed by atoms with van der Waals surface area (Å²) in [6, 6.07) is -10.4. The number of hydrogen-bond donors (Lipinski definition) is 3. The standard InChI is InChI=1S/C76H121Cl2F3N12O14/c1-14-47(5)64-72(103)87(8)45-63(96)88(9)56-24-17-16-20-35-92(71(56)102)60(40-49-25-29-51(30-26-49)76(79,80)81)70(101)86(7)44-61(94)82-55(32-28-48-27-31-53(77)54(78)39-48)68(99)93-43-52(107-15-2)41-58(93)67(98)84-75(33-21-34-75)74(105)91(12)65(50-22-18-19-23-50)73(104)90(11)59(69(100)85(6)36-37-106-13)42-62(95)89(10)57(38-46(3)4)66(97)83-64/h16-17,46-60,64-65H,14-15,18-45H2,1-13H3,(H,82,94)(H,83,97)(H,84,98)/b17-16-/t47-,48?,49?,51?,52+,53?,54?,55-,56-,57-,58-,59-,60-,64-,65-/m0/s1. The van der Waals surface area contributed by atoms with Gasteiger partial charge in [0.1, 0.15) is 53.9 Å². The van der Waals surface area contributed by atoms with Crippen LogP contribution in [0.4, 0.5) is 13.2 Å². The lowest BCUT2D eigenvalue weighted by Crippen LogP contribution is -2.68. The first-order valence-corrected chi connectivity index (χ1v) is 39.8. The molecule has 3 heterocycles. The molecule has 4 saturated carbocycles. The Bertz CT molecular complexity index is 3150. The summed E-state index contributed by atoms with van der Waals surface area (Å²) in [7, 11) is 11.4. The molecule has 12 amide bonds. The van der Waals surface area contributed by atoms with Crippen molar-refractivity contribution < 1.29 is 80.2 Å². The number of nitrogens with zero attached hydrogens (tertiary/aromatic N) is 9. The second-order valence-corrected chi connectivity index (χ2v) is 33.1. The minimum Gasteiger partial charge on any atom is -0.383 e. The molecule has 13 atom stereocenters. The molecule has 3 aliphatic heterocycles. The molecule has 31 heteroatoms. The van der Waals surface area contributed by atoms with Crippen LogP contribution in [-0.4, -0.2) is 294 Å². The maximum atomic E-state index is 15.7. The average molecular weight is 1550 g/mol. The molecule has 107 heavy (non-hydrogen) atoms. The molecule has 0 aromatic carbocycles. The fourth-order valence-electron chi connectivity index (χ4n) is 16.8. The van der Waals surface area contributed by atoms with Crippen LogP contribution >= 0.6 is 23.2 Å². The topological polar surface area (TPSA) is 289 Å². The van der Waals surface area contributed by atoms with Crippen molar-refractivity contribution in [2.75, 3.05) is 102 Å². The Morgan fingerprint density at radius 3 is 1.93 bits per heavy atom. The van der Waals surface area contributed by atoms with Gasteiger partial charge in [-0.2, -0.15) is 13.2 Å². The van der Waals surface area contributed by atoms with E-state index >= 15 is 33.6 Å². The van der Waals surface area contributed by atoms with Crippen LogP contribution in [0.25, 0.3) is 0 Å². The van der Waals surface area contributed by atoms with Gasteiger partial charge in [-0.15, -0.1) is 23.2 Å². The van der Waals surface area contributed by atoms with E-state index in [9.17, 15) is 37.1 Å². The largest absolute Gasteiger partial charge is 0.391 e. The zero-order chi connectivity index (χ0) is 79.1. The number of likely N-dealkylation sites (N-methyl/N-ethyl adjacent to an activating group) is 7. The number of hydrogen-bond acceptors (Lipinski definition) is 14. The molecule has 3 N–H and O–H groups in total. The SMILES string of the molecule is CCO[C@@H]1C[C@H]2C(=O)NC3(CCC3)C(=O)N(C)[C@@H](C3CCCC3)C(=O)N(C)[C@H](C(=O)N(C)CCOC)CC(=O)N(C)[C@@H](CC(C)C)C(=O)N[C@@H]([C@@H](C)CC)C(=O)N(C)CC(=O)N(C)[C@H]3C/C=C\CCN(C3=O)[C@@H](CC3CCC(C(F)(F)F)CC3)C(=O)N(C)CC(=O)N[C@@H](CCC3CCC(Cl)C(Cl)C3)C(=O)N2C1. The van der Waals surface area contributed by atoms with Gasteiger partial charge in [0, 0.05) is 94.5 Å². The van der Waals surface area contributed by atoms with Gasteiger partial charge in [-0.3, -0.25) is 57.5 Å². The van der Waals surface area contributed by atoms with Crippen LogP contribution in [0.1, 0.15) is 182 Å².